The molecule has 0 saturated carbocycles. The zero-order chi connectivity index (χ0) is 8.81. The summed E-state index contributed by atoms with van der Waals surface area (Å²) >= 11 is 7.44. The summed E-state index contributed by atoms with van der Waals surface area (Å²) in [6, 6.07) is 8.29. The van der Waals surface area contributed by atoms with Gasteiger partial charge in [0.15, 0.2) is 0 Å². The third-order valence-corrected chi connectivity index (χ3v) is 2.76. The van der Waals surface area contributed by atoms with E-state index in [0.717, 1.165) is 5.75 Å². The SMILES string of the molecule is C=CCSc1ccc(CCl)cc1. The van der Waals surface area contributed by atoms with Gasteiger partial charge in [-0.25, -0.2) is 0 Å². The van der Waals surface area contributed by atoms with Crippen LogP contribution in [0.4, 0.5) is 0 Å². The second kappa shape index (κ2) is 5.28. The maximum absolute atomic E-state index is 5.66. The van der Waals surface area contributed by atoms with Crippen molar-refractivity contribution < 1.29 is 0 Å². The molecule has 0 atom stereocenters. The minimum absolute atomic E-state index is 0.590. The van der Waals surface area contributed by atoms with Crippen LogP contribution >= 0.6 is 23.4 Å². The first kappa shape index (κ1) is 9.69. The van der Waals surface area contributed by atoms with E-state index in [0.29, 0.717) is 5.88 Å². The van der Waals surface area contributed by atoms with E-state index in [9.17, 15) is 0 Å². The first-order valence-corrected chi connectivity index (χ1v) is 5.27. The molecule has 0 fully saturated rings. The predicted molar refractivity (Wildman–Crippen MR) is 56.9 cm³/mol. The van der Waals surface area contributed by atoms with Gasteiger partial charge < -0.3 is 0 Å². The zero-order valence-corrected chi connectivity index (χ0v) is 8.37. The van der Waals surface area contributed by atoms with Crippen molar-refractivity contribution in [3.05, 3.63) is 42.5 Å². The smallest absolute Gasteiger partial charge is 0.0474 e. The van der Waals surface area contributed by atoms with Gasteiger partial charge in [0.25, 0.3) is 0 Å². The summed E-state index contributed by atoms with van der Waals surface area (Å²) in [4.78, 5) is 1.27. The third-order valence-electron chi connectivity index (χ3n) is 1.45. The lowest BCUT2D eigenvalue weighted by atomic mass is 10.2. The summed E-state index contributed by atoms with van der Waals surface area (Å²) in [7, 11) is 0. The van der Waals surface area contributed by atoms with E-state index in [1.807, 2.05) is 6.08 Å². The van der Waals surface area contributed by atoms with Crippen molar-refractivity contribution in [2.75, 3.05) is 5.75 Å². The summed E-state index contributed by atoms with van der Waals surface area (Å²) in [6.45, 7) is 3.67. The second-order valence-corrected chi connectivity index (χ2v) is 3.74. The molecule has 64 valence electrons. The van der Waals surface area contributed by atoms with Crippen LogP contribution < -0.4 is 0 Å². The Morgan fingerprint density at radius 1 is 1.33 bits per heavy atom. The van der Waals surface area contributed by atoms with Crippen molar-refractivity contribution in [1.82, 2.24) is 0 Å². The first-order valence-electron chi connectivity index (χ1n) is 3.75. The standard InChI is InChI=1S/C10H11ClS/c1-2-7-12-10-5-3-9(8-11)4-6-10/h2-6H,1,7-8H2. The van der Waals surface area contributed by atoms with Gasteiger partial charge in [0, 0.05) is 16.5 Å². The van der Waals surface area contributed by atoms with Crippen LogP contribution in [-0.2, 0) is 5.88 Å². The van der Waals surface area contributed by atoms with Gasteiger partial charge >= 0.3 is 0 Å². The Labute approximate surface area is 82.6 Å². The van der Waals surface area contributed by atoms with Gasteiger partial charge in [-0.05, 0) is 17.7 Å². The average Bonchev–Trinajstić information content (AvgIpc) is 2.15. The van der Waals surface area contributed by atoms with Crippen LogP contribution in [0.15, 0.2) is 41.8 Å². The van der Waals surface area contributed by atoms with E-state index in [1.165, 1.54) is 10.5 Å². The molecule has 0 N–H and O–H groups in total. The molecule has 0 aliphatic rings. The lowest BCUT2D eigenvalue weighted by molar-refractivity contribution is 1.34. The van der Waals surface area contributed by atoms with Crippen molar-refractivity contribution >= 4 is 23.4 Å². The van der Waals surface area contributed by atoms with E-state index in [4.69, 9.17) is 11.6 Å². The lowest BCUT2D eigenvalue weighted by Crippen LogP contribution is -1.77. The highest BCUT2D eigenvalue weighted by atomic mass is 35.5. The quantitative estimate of drug-likeness (QED) is 0.404. The zero-order valence-electron chi connectivity index (χ0n) is 6.79. The summed E-state index contributed by atoms with van der Waals surface area (Å²) in [5.41, 5.74) is 1.17. The van der Waals surface area contributed by atoms with Gasteiger partial charge in [0.2, 0.25) is 0 Å². The third kappa shape index (κ3) is 2.92. The van der Waals surface area contributed by atoms with Gasteiger partial charge in [-0.3, -0.25) is 0 Å². The molecule has 2 heteroatoms. The first-order chi connectivity index (χ1) is 5.86. The van der Waals surface area contributed by atoms with Crippen molar-refractivity contribution in [3.8, 4) is 0 Å². The predicted octanol–water partition coefficient (Wildman–Crippen LogP) is 3.70. The highest BCUT2D eigenvalue weighted by Crippen LogP contribution is 2.18. The molecule has 0 bridgehead atoms. The van der Waals surface area contributed by atoms with Crippen LogP contribution in [0, 0.1) is 0 Å². The van der Waals surface area contributed by atoms with Crippen LogP contribution in [0.3, 0.4) is 0 Å². The highest BCUT2D eigenvalue weighted by molar-refractivity contribution is 7.99. The van der Waals surface area contributed by atoms with Crippen LogP contribution in [0.2, 0.25) is 0 Å². The van der Waals surface area contributed by atoms with E-state index < -0.39 is 0 Å². The molecule has 0 saturated heterocycles. The largest absolute Gasteiger partial charge is 0.122 e. The fourth-order valence-electron chi connectivity index (χ4n) is 0.830. The highest BCUT2D eigenvalue weighted by Gasteiger charge is 1.92. The van der Waals surface area contributed by atoms with Crippen LogP contribution in [0.5, 0.6) is 0 Å². The number of halogens is 1. The lowest BCUT2D eigenvalue weighted by Gasteiger charge is -1.98. The molecule has 0 aromatic heterocycles. The van der Waals surface area contributed by atoms with E-state index >= 15 is 0 Å². The van der Waals surface area contributed by atoms with Crippen molar-refractivity contribution in [2.45, 2.75) is 10.8 Å². The molecule has 1 aromatic carbocycles. The molecule has 1 rings (SSSR count). The van der Waals surface area contributed by atoms with Crippen molar-refractivity contribution in [1.29, 1.82) is 0 Å². The Morgan fingerprint density at radius 3 is 2.50 bits per heavy atom. The number of rotatable bonds is 4. The Kier molecular flexibility index (Phi) is 4.26. The molecular weight excluding hydrogens is 188 g/mol. The van der Waals surface area contributed by atoms with Gasteiger partial charge in [0.05, 0.1) is 0 Å². The summed E-state index contributed by atoms with van der Waals surface area (Å²) < 4.78 is 0. The van der Waals surface area contributed by atoms with Gasteiger partial charge in [0.1, 0.15) is 0 Å². The molecular formula is C10H11ClS. The second-order valence-electron chi connectivity index (χ2n) is 2.38. The Morgan fingerprint density at radius 2 is 2.00 bits per heavy atom. The van der Waals surface area contributed by atoms with Crippen LogP contribution in [0.1, 0.15) is 5.56 Å². The fraction of sp³-hybridized carbons (Fsp3) is 0.200. The minimum atomic E-state index is 0.590. The number of benzene rings is 1. The Bertz CT molecular complexity index is 241. The number of hydrogen-bond acceptors (Lipinski definition) is 1. The van der Waals surface area contributed by atoms with Gasteiger partial charge in [-0.2, -0.15) is 0 Å². The fourth-order valence-corrected chi connectivity index (χ4v) is 1.65. The van der Waals surface area contributed by atoms with Gasteiger partial charge in [-0.15, -0.1) is 29.9 Å². The molecule has 0 aliphatic heterocycles. The Hall–Kier alpha value is -0.400. The average molecular weight is 199 g/mol. The normalized spacial score (nSPS) is 9.75. The van der Waals surface area contributed by atoms with Crippen molar-refractivity contribution in [3.63, 3.8) is 0 Å². The summed E-state index contributed by atoms with van der Waals surface area (Å²) in [5, 5.41) is 0. The van der Waals surface area contributed by atoms with E-state index in [1.54, 1.807) is 11.8 Å². The van der Waals surface area contributed by atoms with E-state index in [2.05, 4.69) is 30.8 Å². The van der Waals surface area contributed by atoms with Crippen LogP contribution in [0.25, 0.3) is 0 Å². The van der Waals surface area contributed by atoms with Crippen LogP contribution in [-0.4, -0.2) is 5.75 Å². The molecule has 12 heavy (non-hydrogen) atoms. The molecule has 1 aromatic rings. The summed E-state index contributed by atoms with van der Waals surface area (Å²) in [6.07, 6.45) is 1.90. The molecule has 0 amide bonds. The number of thioether (sulfide) groups is 1. The molecule has 0 heterocycles. The maximum atomic E-state index is 5.66. The van der Waals surface area contributed by atoms with Crippen molar-refractivity contribution in [2.24, 2.45) is 0 Å². The van der Waals surface area contributed by atoms with E-state index in [-0.39, 0.29) is 0 Å². The Balaban J connectivity index is 2.58. The topological polar surface area (TPSA) is 0 Å². The molecule has 0 nitrogen and oxygen atoms in total. The minimum Gasteiger partial charge on any atom is -0.122 e. The molecule has 0 aliphatic carbocycles. The molecule has 0 radical (unpaired) electrons. The number of hydrogen-bond donors (Lipinski definition) is 0. The maximum Gasteiger partial charge on any atom is 0.0474 e. The molecule has 0 unspecified atom stereocenters. The number of alkyl halides is 1. The van der Waals surface area contributed by atoms with Gasteiger partial charge in [-0.1, -0.05) is 18.2 Å². The summed E-state index contributed by atoms with van der Waals surface area (Å²) in [5.74, 6) is 1.55. The molecule has 0 spiro atoms. The monoisotopic (exact) mass is 198 g/mol.